The van der Waals surface area contributed by atoms with Gasteiger partial charge in [-0.1, -0.05) is 6.92 Å². The fraction of sp³-hybridized carbons (Fsp3) is 0.778. The van der Waals surface area contributed by atoms with Crippen molar-refractivity contribution in [1.82, 2.24) is 15.5 Å². The molecule has 14 heavy (non-hydrogen) atoms. The first-order valence-electron chi connectivity index (χ1n) is 4.83. The molecule has 0 aromatic carbocycles. The molecule has 0 aliphatic carbocycles. The summed E-state index contributed by atoms with van der Waals surface area (Å²) in [7, 11) is 1.62. The molecule has 2 N–H and O–H groups in total. The van der Waals surface area contributed by atoms with Crippen LogP contribution in [0.4, 0.5) is 0 Å². The predicted octanol–water partition coefficient (Wildman–Crippen LogP) is -0.810. The standard InChI is InChI=1S/C9H19N3O2/c1-4-10-6-9(14)12(3)7-8(13)11-5-2/h10H,4-7H2,1-3H3,(H,11,13). The van der Waals surface area contributed by atoms with E-state index >= 15 is 0 Å². The van der Waals surface area contributed by atoms with Crippen molar-refractivity contribution >= 4 is 11.8 Å². The molecule has 0 fully saturated rings. The van der Waals surface area contributed by atoms with E-state index in [9.17, 15) is 9.59 Å². The van der Waals surface area contributed by atoms with Crippen LogP contribution in [0.1, 0.15) is 13.8 Å². The van der Waals surface area contributed by atoms with E-state index in [1.165, 1.54) is 4.90 Å². The summed E-state index contributed by atoms with van der Waals surface area (Å²) in [4.78, 5) is 23.8. The van der Waals surface area contributed by atoms with Gasteiger partial charge in [-0.15, -0.1) is 0 Å². The molecule has 0 aliphatic heterocycles. The molecular formula is C9H19N3O2. The SMILES string of the molecule is CCNCC(=O)N(C)CC(=O)NCC. The third kappa shape index (κ3) is 5.53. The minimum atomic E-state index is -0.125. The largest absolute Gasteiger partial charge is 0.355 e. The Hall–Kier alpha value is -1.10. The first kappa shape index (κ1) is 12.9. The fourth-order valence-corrected chi connectivity index (χ4v) is 0.924. The van der Waals surface area contributed by atoms with E-state index in [-0.39, 0.29) is 24.9 Å². The number of carbonyl (C=O) groups is 2. The highest BCUT2D eigenvalue weighted by atomic mass is 16.2. The summed E-state index contributed by atoms with van der Waals surface area (Å²) in [6.45, 7) is 5.52. The minimum absolute atomic E-state index is 0.0712. The van der Waals surface area contributed by atoms with E-state index in [4.69, 9.17) is 0 Å². The Bertz CT molecular complexity index is 194. The second-order valence-corrected chi connectivity index (χ2v) is 2.98. The van der Waals surface area contributed by atoms with Gasteiger partial charge in [0, 0.05) is 13.6 Å². The average Bonchev–Trinajstić information content (AvgIpc) is 2.14. The first-order valence-corrected chi connectivity index (χ1v) is 4.83. The Labute approximate surface area is 84.8 Å². The lowest BCUT2D eigenvalue weighted by molar-refractivity contribution is -0.133. The van der Waals surface area contributed by atoms with Crippen molar-refractivity contribution in [1.29, 1.82) is 0 Å². The van der Waals surface area contributed by atoms with Crippen molar-refractivity contribution in [2.75, 3.05) is 33.2 Å². The third-order valence-electron chi connectivity index (χ3n) is 1.71. The highest BCUT2D eigenvalue weighted by molar-refractivity contribution is 5.85. The van der Waals surface area contributed by atoms with E-state index in [0.717, 1.165) is 6.54 Å². The summed E-state index contributed by atoms with van der Waals surface area (Å²) in [5.74, 6) is -0.196. The Morgan fingerprint density at radius 2 is 1.86 bits per heavy atom. The van der Waals surface area contributed by atoms with Crippen LogP contribution >= 0.6 is 0 Å². The van der Waals surface area contributed by atoms with E-state index in [2.05, 4.69) is 10.6 Å². The third-order valence-corrected chi connectivity index (χ3v) is 1.71. The zero-order valence-corrected chi connectivity index (χ0v) is 9.09. The quantitative estimate of drug-likeness (QED) is 0.591. The number of likely N-dealkylation sites (N-methyl/N-ethyl adjacent to an activating group) is 3. The molecule has 5 nitrogen and oxygen atoms in total. The lowest BCUT2D eigenvalue weighted by Crippen LogP contribution is -2.41. The molecule has 5 heteroatoms. The van der Waals surface area contributed by atoms with E-state index in [1.54, 1.807) is 7.05 Å². The normalized spacial score (nSPS) is 9.64. The molecular weight excluding hydrogens is 182 g/mol. The number of hydrogen-bond donors (Lipinski definition) is 2. The molecule has 0 bridgehead atoms. The summed E-state index contributed by atoms with van der Waals surface area (Å²) in [5, 5.41) is 5.55. The van der Waals surface area contributed by atoms with Crippen LogP contribution in [-0.2, 0) is 9.59 Å². The van der Waals surface area contributed by atoms with Crippen LogP contribution < -0.4 is 10.6 Å². The Balaban J connectivity index is 3.76. The molecule has 0 saturated heterocycles. The van der Waals surface area contributed by atoms with Gasteiger partial charge in [-0.2, -0.15) is 0 Å². The van der Waals surface area contributed by atoms with Crippen molar-refractivity contribution < 1.29 is 9.59 Å². The summed E-state index contributed by atoms with van der Waals surface area (Å²) >= 11 is 0. The molecule has 0 aliphatic rings. The van der Waals surface area contributed by atoms with Crippen molar-refractivity contribution in [2.24, 2.45) is 0 Å². The Kier molecular flexibility index (Phi) is 6.74. The van der Waals surface area contributed by atoms with Crippen molar-refractivity contribution in [3.05, 3.63) is 0 Å². The summed E-state index contributed by atoms with van der Waals surface area (Å²) in [6, 6.07) is 0. The van der Waals surface area contributed by atoms with Gasteiger partial charge in [0.15, 0.2) is 0 Å². The number of nitrogens with one attached hydrogen (secondary N) is 2. The highest BCUT2D eigenvalue weighted by Crippen LogP contribution is 1.83. The zero-order valence-electron chi connectivity index (χ0n) is 9.09. The van der Waals surface area contributed by atoms with E-state index in [0.29, 0.717) is 6.54 Å². The van der Waals surface area contributed by atoms with Crippen LogP contribution in [0, 0.1) is 0 Å². The van der Waals surface area contributed by atoms with Crippen molar-refractivity contribution in [3.63, 3.8) is 0 Å². The number of amides is 2. The highest BCUT2D eigenvalue weighted by Gasteiger charge is 2.10. The lowest BCUT2D eigenvalue weighted by atomic mass is 10.4. The number of carbonyl (C=O) groups excluding carboxylic acids is 2. The molecule has 0 rings (SSSR count). The molecule has 0 unspecified atom stereocenters. The van der Waals surface area contributed by atoms with Crippen molar-refractivity contribution in [3.8, 4) is 0 Å². The van der Waals surface area contributed by atoms with Crippen LogP contribution in [0.2, 0.25) is 0 Å². The van der Waals surface area contributed by atoms with Gasteiger partial charge in [0.1, 0.15) is 0 Å². The van der Waals surface area contributed by atoms with E-state index < -0.39 is 0 Å². The molecule has 82 valence electrons. The van der Waals surface area contributed by atoms with Gasteiger partial charge in [0.05, 0.1) is 13.1 Å². The van der Waals surface area contributed by atoms with Crippen LogP contribution in [-0.4, -0.2) is 49.9 Å². The van der Waals surface area contributed by atoms with Gasteiger partial charge in [-0.05, 0) is 13.5 Å². The fourth-order valence-electron chi connectivity index (χ4n) is 0.924. The number of rotatable bonds is 6. The van der Waals surface area contributed by atoms with Gasteiger partial charge in [0.2, 0.25) is 11.8 Å². The maximum absolute atomic E-state index is 11.3. The smallest absolute Gasteiger partial charge is 0.239 e. The molecule has 0 atom stereocenters. The summed E-state index contributed by atoms with van der Waals surface area (Å²) in [6.07, 6.45) is 0. The molecule has 0 aromatic heterocycles. The van der Waals surface area contributed by atoms with E-state index in [1.807, 2.05) is 13.8 Å². The molecule has 0 aromatic rings. The zero-order chi connectivity index (χ0) is 11.0. The average molecular weight is 201 g/mol. The lowest BCUT2D eigenvalue weighted by Gasteiger charge is -2.16. The maximum Gasteiger partial charge on any atom is 0.239 e. The van der Waals surface area contributed by atoms with Gasteiger partial charge < -0.3 is 15.5 Å². The second kappa shape index (κ2) is 7.32. The maximum atomic E-state index is 11.3. The van der Waals surface area contributed by atoms with Gasteiger partial charge in [-0.25, -0.2) is 0 Å². The molecule has 2 amide bonds. The second-order valence-electron chi connectivity index (χ2n) is 2.98. The predicted molar refractivity (Wildman–Crippen MR) is 54.9 cm³/mol. The van der Waals surface area contributed by atoms with Gasteiger partial charge in [-0.3, -0.25) is 9.59 Å². The number of nitrogens with zero attached hydrogens (tertiary/aromatic N) is 1. The minimum Gasteiger partial charge on any atom is -0.355 e. The molecule has 0 spiro atoms. The molecule has 0 heterocycles. The van der Waals surface area contributed by atoms with Crippen LogP contribution in [0.5, 0.6) is 0 Å². The first-order chi connectivity index (χ1) is 6.61. The Morgan fingerprint density at radius 1 is 1.21 bits per heavy atom. The molecule has 0 radical (unpaired) electrons. The summed E-state index contributed by atoms with van der Waals surface area (Å²) < 4.78 is 0. The van der Waals surface area contributed by atoms with Crippen molar-refractivity contribution in [2.45, 2.75) is 13.8 Å². The van der Waals surface area contributed by atoms with Crippen LogP contribution in [0.15, 0.2) is 0 Å². The topological polar surface area (TPSA) is 61.4 Å². The Morgan fingerprint density at radius 3 is 2.36 bits per heavy atom. The number of hydrogen-bond acceptors (Lipinski definition) is 3. The summed E-state index contributed by atoms with van der Waals surface area (Å²) in [5.41, 5.74) is 0. The van der Waals surface area contributed by atoms with Gasteiger partial charge in [0.25, 0.3) is 0 Å². The van der Waals surface area contributed by atoms with Crippen LogP contribution in [0.3, 0.4) is 0 Å². The monoisotopic (exact) mass is 201 g/mol. The molecule has 0 saturated carbocycles. The van der Waals surface area contributed by atoms with Gasteiger partial charge >= 0.3 is 0 Å². The van der Waals surface area contributed by atoms with Crippen LogP contribution in [0.25, 0.3) is 0 Å².